The fourth-order valence-corrected chi connectivity index (χ4v) is 3.23. The number of aliphatic hydroxyl groups is 2. The molecule has 0 heterocycles. The van der Waals surface area contributed by atoms with E-state index in [1.807, 2.05) is 0 Å². The van der Waals surface area contributed by atoms with Crippen LogP contribution in [-0.2, 0) is 35.9 Å². The molecule has 0 bridgehead atoms. The Balaban J connectivity index is 1.83. The van der Waals surface area contributed by atoms with Crippen molar-refractivity contribution in [3.63, 3.8) is 0 Å². The monoisotopic (exact) mass is 494 g/mol. The Morgan fingerprint density at radius 3 is 1.11 bits per heavy atom. The normalized spacial score (nSPS) is 10.5. The summed E-state index contributed by atoms with van der Waals surface area (Å²) in [5.74, 6) is -5.32. The number of hydrogen-bond donors (Lipinski definition) is 4. The van der Waals surface area contributed by atoms with Crippen molar-refractivity contribution in [2.45, 2.75) is 26.4 Å². The second-order valence-electron chi connectivity index (χ2n) is 7.66. The van der Waals surface area contributed by atoms with Crippen LogP contribution >= 0.6 is 0 Å². The zero-order valence-electron chi connectivity index (χ0n) is 18.8. The fourth-order valence-electron chi connectivity index (χ4n) is 3.23. The number of carboxylic acids is 2. The first-order valence-corrected chi connectivity index (χ1v) is 10.6. The minimum atomic E-state index is -1.57. The van der Waals surface area contributed by atoms with E-state index in [4.69, 9.17) is 19.7 Å². The summed E-state index contributed by atoms with van der Waals surface area (Å²) >= 11 is 0. The summed E-state index contributed by atoms with van der Waals surface area (Å²) in [6.45, 7) is -0.786. The average Bonchev–Trinajstić information content (AvgIpc) is 2.89. The van der Waals surface area contributed by atoms with Gasteiger partial charge in [0.2, 0.25) is 0 Å². The second kappa shape index (κ2) is 11.7. The lowest BCUT2D eigenvalue weighted by atomic mass is 9.98. The smallest absolute Gasteiger partial charge is 0.339 e. The van der Waals surface area contributed by atoms with Gasteiger partial charge in [0.25, 0.3) is 0 Å². The van der Waals surface area contributed by atoms with Crippen LogP contribution in [0.1, 0.15) is 63.7 Å². The molecule has 0 radical (unpaired) electrons. The van der Waals surface area contributed by atoms with E-state index in [-0.39, 0.29) is 26.4 Å². The van der Waals surface area contributed by atoms with Gasteiger partial charge in [0.15, 0.2) is 0 Å². The predicted molar refractivity (Wildman–Crippen MR) is 123 cm³/mol. The van der Waals surface area contributed by atoms with E-state index in [1.165, 1.54) is 0 Å². The highest BCUT2D eigenvalue weighted by Crippen LogP contribution is 2.21. The number of ether oxygens (including phenoxy) is 2. The largest absolute Gasteiger partial charge is 0.478 e. The zero-order chi connectivity index (χ0) is 26.2. The predicted octanol–water partition coefficient (Wildman–Crippen LogP) is 2.78. The molecule has 0 aliphatic rings. The standard InChI is InChI=1S/C26H22O10/c27-11-15-1-5-17(6-2-15)13-35-25(33)21-9-20(24(31)32)22(10-19(21)23(29)30)26(34)36-14-18-7-3-16(12-28)4-8-18/h1-10,27-28H,11-14H2,(H,29,30)(H,31,32). The van der Waals surface area contributed by atoms with Crippen LogP contribution in [0.5, 0.6) is 0 Å². The van der Waals surface area contributed by atoms with Crippen LogP contribution in [0.25, 0.3) is 0 Å². The molecule has 3 aromatic carbocycles. The molecule has 10 heteroatoms. The zero-order valence-corrected chi connectivity index (χ0v) is 18.8. The molecule has 0 saturated heterocycles. The molecule has 0 amide bonds. The molecule has 0 saturated carbocycles. The van der Waals surface area contributed by atoms with Gasteiger partial charge in [-0.25, -0.2) is 19.2 Å². The third-order valence-electron chi connectivity index (χ3n) is 5.21. The van der Waals surface area contributed by atoms with Gasteiger partial charge in [0, 0.05) is 0 Å². The number of aromatic carboxylic acids is 2. The summed E-state index contributed by atoms with van der Waals surface area (Å²) in [5, 5.41) is 37.4. The quantitative estimate of drug-likeness (QED) is 0.308. The third kappa shape index (κ3) is 6.32. The molecule has 36 heavy (non-hydrogen) atoms. The van der Waals surface area contributed by atoms with Gasteiger partial charge < -0.3 is 29.9 Å². The molecule has 4 N–H and O–H groups in total. The van der Waals surface area contributed by atoms with Crippen molar-refractivity contribution < 1.29 is 49.1 Å². The van der Waals surface area contributed by atoms with Gasteiger partial charge in [-0.2, -0.15) is 0 Å². The van der Waals surface area contributed by atoms with Crippen LogP contribution in [0.15, 0.2) is 60.7 Å². The first-order valence-electron chi connectivity index (χ1n) is 10.6. The second-order valence-corrected chi connectivity index (χ2v) is 7.66. The molecule has 0 unspecified atom stereocenters. The number of carboxylic acid groups (broad SMARTS) is 2. The van der Waals surface area contributed by atoms with Gasteiger partial charge in [0.05, 0.1) is 35.5 Å². The van der Waals surface area contributed by atoms with E-state index < -0.39 is 46.1 Å². The molecular weight excluding hydrogens is 472 g/mol. The van der Waals surface area contributed by atoms with Gasteiger partial charge in [-0.1, -0.05) is 48.5 Å². The first kappa shape index (κ1) is 26.1. The highest BCUT2D eigenvalue weighted by Gasteiger charge is 2.27. The number of carbonyl (C=O) groups is 4. The summed E-state index contributed by atoms with van der Waals surface area (Å²) in [7, 11) is 0. The molecule has 3 aromatic rings. The number of aliphatic hydroxyl groups excluding tert-OH is 2. The first-order chi connectivity index (χ1) is 17.2. The maximum atomic E-state index is 12.6. The van der Waals surface area contributed by atoms with Crippen LogP contribution in [-0.4, -0.2) is 44.3 Å². The van der Waals surface area contributed by atoms with Crippen LogP contribution in [0.2, 0.25) is 0 Å². The Morgan fingerprint density at radius 2 is 0.833 bits per heavy atom. The topological polar surface area (TPSA) is 168 Å². The van der Waals surface area contributed by atoms with E-state index in [9.17, 15) is 29.4 Å². The number of benzene rings is 3. The fraction of sp³-hybridized carbons (Fsp3) is 0.154. The van der Waals surface area contributed by atoms with E-state index in [0.29, 0.717) is 22.3 Å². The molecule has 0 fully saturated rings. The number of hydrogen-bond acceptors (Lipinski definition) is 8. The Labute approximate surface area is 205 Å². The van der Waals surface area contributed by atoms with Crippen LogP contribution < -0.4 is 0 Å². The maximum absolute atomic E-state index is 12.6. The number of rotatable bonds is 10. The minimum Gasteiger partial charge on any atom is -0.478 e. The molecule has 186 valence electrons. The van der Waals surface area contributed by atoms with Crippen molar-refractivity contribution >= 4 is 23.9 Å². The van der Waals surface area contributed by atoms with Gasteiger partial charge >= 0.3 is 23.9 Å². The Kier molecular flexibility index (Phi) is 8.50. The molecular formula is C26H22O10. The van der Waals surface area contributed by atoms with E-state index in [1.54, 1.807) is 48.5 Å². The Bertz CT molecular complexity index is 1180. The summed E-state index contributed by atoms with van der Waals surface area (Å²) in [4.78, 5) is 48.9. The lowest BCUT2D eigenvalue weighted by molar-refractivity contribution is 0.0449. The molecule has 10 nitrogen and oxygen atoms in total. The van der Waals surface area contributed by atoms with E-state index in [0.717, 1.165) is 12.1 Å². The van der Waals surface area contributed by atoms with Gasteiger partial charge in [-0.3, -0.25) is 0 Å². The van der Waals surface area contributed by atoms with Crippen LogP contribution in [0.4, 0.5) is 0 Å². The summed E-state index contributed by atoms with van der Waals surface area (Å²) in [6.07, 6.45) is 0. The molecule has 0 spiro atoms. The average molecular weight is 494 g/mol. The van der Waals surface area contributed by atoms with Crippen molar-refractivity contribution in [1.82, 2.24) is 0 Å². The van der Waals surface area contributed by atoms with Crippen molar-refractivity contribution in [2.24, 2.45) is 0 Å². The molecule has 3 rings (SSSR count). The molecule has 0 atom stereocenters. The Hall–Kier alpha value is -4.54. The van der Waals surface area contributed by atoms with Crippen LogP contribution in [0.3, 0.4) is 0 Å². The summed E-state index contributed by atoms with van der Waals surface area (Å²) < 4.78 is 10.3. The third-order valence-corrected chi connectivity index (χ3v) is 5.21. The summed E-state index contributed by atoms with van der Waals surface area (Å²) in [6, 6.07) is 14.5. The number of carbonyl (C=O) groups excluding carboxylic acids is 2. The summed E-state index contributed by atoms with van der Waals surface area (Å²) in [5.41, 5.74) is 0.0833. The van der Waals surface area contributed by atoms with Crippen molar-refractivity contribution in [3.05, 3.63) is 105 Å². The van der Waals surface area contributed by atoms with E-state index >= 15 is 0 Å². The van der Waals surface area contributed by atoms with Crippen molar-refractivity contribution in [1.29, 1.82) is 0 Å². The van der Waals surface area contributed by atoms with Gasteiger partial charge in [-0.05, 0) is 34.4 Å². The highest BCUT2D eigenvalue weighted by molar-refractivity contribution is 6.09. The van der Waals surface area contributed by atoms with Crippen molar-refractivity contribution in [3.8, 4) is 0 Å². The lowest BCUT2D eigenvalue weighted by Gasteiger charge is -2.12. The SMILES string of the molecule is O=C(O)c1cc(C(=O)OCc2ccc(CO)cc2)c(C(=O)O)cc1C(=O)OCc1ccc(CO)cc1. The molecule has 0 aliphatic heterocycles. The minimum absolute atomic E-state index is 0.162. The van der Waals surface area contributed by atoms with Crippen molar-refractivity contribution in [2.75, 3.05) is 0 Å². The van der Waals surface area contributed by atoms with Gasteiger partial charge in [0.1, 0.15) is 13.2 Å². The molecule has 0 aliphatic carbocycles. The maximum Gasteiger partial charge on any atom is 0.339 e. The lowest BCUT2D eigenvalue weighted by Crippen LogP contribution is -2.18. The molecule has 0 aromatic heterocycles. The highest BCUT2D eigenvalue weighted by atomic mass is 16.5. The number of esters is 2. The van der Waals surface area contributed by atoms with Crippen LogP contribution in [0, 0.1) is 0 Å². The van der Waals surface area contributed by atoms with Gasteiger partial charge in [-0.15, -0.1) is 0 Å². The van der Waals surface area contributed by atoms with E-state index in [2.05, 4.69) is 0 Å². The Morgan fingerprint density at radius 1 is 0.528 bits per heavy atom.